The Kier molecular flexibility index (Phi) is 4.55. The van der Waals surface area contributed by atoms with Crippen molar-refractivity contribution in [3.8, 4) is 0 Å². The summed E-state index contributed by atoms with van der Waals surface area (Å²) < 4.78 is 13.7. The Balaban J connectivity index is 2.58. The van der Waals surface area contributed by atoms with Gasteiger partial charge < -0.3 is 5.11 Å². The fourth-order valence-electron chi connectivity index (χ4n) is 1.26. The highest BCUT2D eigenvalue weighted by atomic mass is 79.9. The number of hydrogen-bond acceptors (Lipinski definition) is 1. The van der Waals surface area contributed by atoms with Gasteiger partial charge in [0.05, 0.1) is 0 Å². The van der Waals surface area contributed by atoms with Crippen LogP contribution in [-0.4, -0.2) is 11.7 Å². The molecule has 1 unspecified atom stereocenters. The summed E-state index contributed by atoms with van der Waals surface area (Å²) in [6, 6.07) is 4.89. The Bertz CT molecular complexity index is 281. The summed E-state index contributed by atoms with van der Waals surface area (Å²) in [6.07, 6.45) is 1.68. The van der Waals surface area contributed by atoms with Gasteiger partial charge in [-0.2, -0.15) is 0 Å². The second kappa shape index (κ2) is 5.47. The molecule has 0 heterocycles. The highest BCUT2D eigenvalue weighted by Crippen LogP contribution is 2.17. The van der Waals surface area contributed by atoms with E-state index in [0.717, 1.165) is 22.9 Å². The van der Waals surface area contributed by atoms with Gasteiger partial charge in [0.25, 0.3) is 0 Å². The quantitative estimate of drug-likeness (QED) is 0.882. The van der Waals surface area contributed by atoms with Crippen molar-refractivity contribution in [2.24, 2.45) is 5.92 Å². The van der Waals surface area contributed by atoms with Crippen molar-refractivity contribution < 1.29 is 9.50 Å². The molecule has 0 saturated carbocycles. The standard InChI is InChI=1S/C11H14BrFO/c1-8(7-14)2-3-9-4-10(12)6-11(13)5-9/h4-6,8,14H,2-3,7H2,1H3. The molecule has 1 N–H and O–H groups in total. The predicted molar refractivity (Wildman–Crippen MR) is 58.7 cm³/mol. The lowest BCUT2D eigenvalue weighted by Crippen LogP contribution is -2.02. The van der Waals surface area contributed by atoms with Gasteiger partial charge in [-0.3, -0.25) is 0 Å². The molecule has 0 amide bonds. The average molecular weight is 261 g/mol. The summed E-state index contributed by atoms with van der Waals surface area (Å²) in [6.45, 7) is 2.17. The van der Waals surface area contributed by atoms with Gasteiger partial charge in [0.1, 0.15) is 5.82 Å². The van der Waals surface area contributed by atoms with E-state index in [9.17, 15) is 4.39 Å². The molecule has 0 spiro atoms. The number of halogens is 2. The van der Waals surface area contributed by atoms with E-state index in [-0.39, 0.29) is 18.3 Å². The summed E-state index contributed by atoms with van der Waals surface area (Å²) in [7, 11) is 0. The number of rotatable bonds is 4. The second-order valence-corrected chi connectivity index (χ2v) is 4.52. The van der Waals surface area contributed by atoms with Crippen molar-refractivity contribution in [3.05, 3.63) is 34.1 Å². The van der Waals surface area contributed by atoms with Crippen molar-refractivity contribution in [3.63, 3.8) is 0 Å². The molecule has 0 aliphatic rings. The SMILES string of the molecule is CC(CO)CCc1cc(F)cc(Br)c1. The van der Waals surface area contributed by atoms with Crippen LogP contribution in [0.3, 0.4) is 0 Å². The molecule has 0 fully saturated rings. The Hall–Kier alpha value is -0.410. The van der Waals surface area contributed by atoms with Crippen LogP contribution >= 0.6 is 15.9 Å². The van der Waals surface area contributed by atoms with Crippen molar-refractivity contribution in [2.75, 3.05) is 6.61 Å². The van der Waals surface area contributed by atoms with E-state index >= 15 is 0 Å². The molecule has 1 nitrogen and oxygen atoms in total. The Labute approximate surface area is 92.1 Å². The molecule has 0 radical (unpaired) electrons. The topological polar surface area (TPSA) is 20.2 Å². The molecule has 3 heteroatoms. The van der Waals surface area contributed by atoms with Gasteiger partial charge in [0.15, 0.2) is 0 Å². The van der Waals surface area contributed by atoms with Gasteiger partial charge in [0, 0.05) is 11.1 Å². The zero-order valence-corrected chi connectivity index (χ0v) is 9.72. The zero-order valence-electron chi connectivity index (χ0n) is 8.13. The number of aryl methyl sites for hydroxylation is 1. The van der Waals surface area contributed by atoms with E-state index in [2.05, 4.69) is 15.9 Å². The van der Waals surface area contributed by atoms with E-state index in [1.807, 2.05) is 13.0 Å². The number of aliphatic hydroxyl groups excluding tert-OH is 1. The summed E-state index contributed by atoms with van der Waals surface area (Å²) in [4.78, 5) is 0. The highest BCUT2D eigenvalue weighted by molar-refractivity contribution is 9.10. The Morgan fingerprint density at radius 2 is 2.14 bits per heavy atom. The third kappa shape index (κ3) is 3.76. The average Bonchev–Trinajstić information content (AvgIpc) is 2.12. The summed E-state index contributed by atoms with van der Waals surface area (Å²) in [5.41, 5.74) is 0.970. The van der Waals surface area contributed by atoms with E-state index in [4.69, 9.17) is 5.11 Å². The molecule has 0 bridgehead atoms. The van der Waals surface area contributed by atoms with Crippen molar-refractivity contribution in [1.29, 1.82) is 0 Å². The van der Waals surface area contributed by atoms with E-state index in [0.29, 0.717) is 0 Å². The van der Waals surface area contributed by atoms with Crippen LogP contribution in [0.15, 0.2) is 22.7 Å². The van der Waals surface area contributed by atoms with Crippen molar-refractivity contribution >= 4 is 15.9 Å². The summed E-state index contributed by atoms with van der Waals surface area (Å²) >= 11 is 3.25. The lowest BCUT2D eigenvalue weighted by atomic mass is 10.0. The maximum atomic E-state index is 13.0. The van der Waals surface area contributed by atoms with Crippen LogP contribution in [0.2, 0.25) is 0 Å². The molecule has 1 aromatic carbocycles. The fourth-order valence-corrected chi connectivity index (χ4v) is 1.77. The normalized spacial score (nSPS) is 12.9. The molecule has 1 rings (SSSR count). The largest absolute Gasteiger partial charge is 0.396 e. The van der Waals surface area contributed by atoms with Crippen LogP contribution < -0.4 is 0 Å². The molecule has 0 aromatic heterocycles. The van der Waals surface area contributed by atoms with Crippen LogP contribution in [-0.2, 0) is 6.42 Å². The van der Waals surface area contributed by atoms with Crippen LogP contribution in [0.1, 0.15) is 18.9 Å². The maximum absolute atomic E-state index is 13.0. The first kappa shape index (κ1) is 11.7. The van der Waals surface area contributed by atoms with Crippen LogP contribution in [0.5, 0.6) is 0 Å². The summed E-state index contributed by atoms with van der Waals surface area (Å²) in [5, 5.41) is 8.84. The molecule has 0 aliphatic heterocycles. The maximum Gasteiger partial charge on any atom is 0.124 e. The van der Waals surface area contributed by atoms with Gasteiger partial charge in [-0.05, 0) is 42.5 Å². The fraction of sp³-hybridized carbons (Fsp3) is 0.455. The van der Waals surface area contributed by atoms with Crippen molar-refractivity contribution in [2.45, 2.75) is 19.8 Å². The monoisotopic (exact) mass is 260 g/mol. The third-order valence-electron chi connectivity index (χ3n) is 2.16. The molecule has 0 aliphatic carbocycles. The Morgan fingerprint density at radius 3 is 2.71 bits per heavy atom. The smallest absolute Gasteiger partial charge is 0.124 e. The van der Waals surface area contributed by atoms with E-state index < -0.39 is 0 Å². The molecule has 0 saturated heterocycles. The van der Waals surface area contributed by atoms with Gasteiger partial charge in [0.2, 0.25) is 0 Å². The number of hydrogen-bond donors (Lipinski definition) is 1. The van der Waals surface area contributed by atoms with Crippen LogP contribution in [0, 0.1) is 11.7 Å². The minimum Gasteiger partial charge on any atom is -0.396 e. The van der Waals surface area contributed by atoms with Gasteiger partial charge in [-0.1, -0.05) is 22.9 Å². The zero-order chi connectivity index (χ0) is 10.6. The lowest BCUT2D eigenvalue weighted by Gasteiger charge is -2.07. The van der Waals surface area contributed by atoms with Crippen LogP contribution in [0.4, 0.5) is 4.39 Å². The number of aliphatic hydroxyl groups is 1. The van der Waals surface area contributed by atoms with E-state index in [1.165, 1.54) is 12.1 Å². The van der Waals surface area contributed by atoms with Gasteiger partial charge in [-0.15, -0.1) is 0 Å². The minimum atomic E-state index is -0.217. The highest BCUT2D eigenvalue weighted by Gasteiger charge is 2.03. The second-order valence-electron chi connectivity index (χ2n) is 3.60. The molecule has 14 heavy (non-hydrogen) atoms. The lowest BCUT2D eigenvalue weighted by molar-refractivity contribution is 0.230. The molecule has 1 atom stereocenters. The number of benzene rings is 1. The van der Waals surface area contributed by atoms with Gasteiger partial charge in [-0.25, -0.2) is 4.39 Å². The first-order chi connectivity index (χ1) is 6.61. The van der Waals surface area contributed by atoms with Crippen LogP contribution in [0.25, 0.3) is 0 Å². The molecule has 1 aromatic rings. The van der Waals surface area contributed by atoms with Gasteiger partial charge >= 0.3 is 0 Å². The van der Waals surface area contributed by atoms with E-state index in [1.54, 1.807) is 0 Å². The first-order valence-corrected chi connectivity index (χ1v) is 5.47. The van der Waals surface area contributed by atoms with Crippen molar-refractivity contribution in [1.82, 2.24) is 0 Å². The third-order valence-corrected chi connectivity index (χ3v) is 2.62. The molecule has 78 valence electrons. The molecular weight excluding hydrogens is 247 g/mol. The minimum absolute atomic E-state index is 0.191. The predicted octanol–water partition coefficient (Wildman–Crippen LogP) is 3.15. The Morgan fingerprint density at radius 1 is 1.43 bits per heavy atom. The molecular formula is C11H14BrFO. The summed E-state index contributed by atoms with van der Waals surface area (Å²) in [5.74, 6) is 0.0584. The first-order valence-electron chi connectivity index (χ1n) is 4.67.